The molecule has 59 valence electrons. The van der Waals surface area contributed by atoms with Gasteiger partial charge in [0.15, 0.2) is 0 Å². The molecule has 1 fully saturated rings. The molecule has 0 aromatic heterocycles. The first kappa shape index (κ1) is 7.98. The first-order chi connectivity index (χ1) is 4.93. The molecule has 0 N–H and O–H groups in total. The predicted molar refractivity (Wildman–Crippen MR) is 37.4 cm³/mol. The summed E-state index contributed by atoms with van der Waals surface area (Å²) in [5.74, 6) is 0. The van der Waals surface area contributed by atoms with E-state index >= 15 is 0 Å². The zero-order valence-electron chi connectivity index (χ0n) is 6.21. The molecule has 1 aliphatic rings. The Morgan fingerprint density at radius 3 is 2.60 bits per heavy atom. The van der Waals surface area contributed by atoms with E-state index in [4.69, 9.17) is 4.74 Å². The van der Waals surface area contributed by atoms with E-state index in [1.807, 2.05) is 0 Å². The average molecular weight is 144 g/mol. The van der Waals surface area contributed by atoms with Crippen molar-refractivity contribution in [3.05, 3.63) is 0 Å². The average Bonchev–Trinajstić information content (AvgIpc) is 2.03. The second-order valence-corrected chi connectivity index (χ2v) is 2.51. The minimum atomic E-state index is 0.0529. The van der Waals surface area contributed by atoms with Gasteiger partial charge in [-0.25, -0.2) is 5.11 Å². The van der Waals surface area contributed by atoms with Gasteiger partial charge in [-0.3, -0.25) is 4.90 Å². The van der Waals surface area contributed by atoms with Crippen molar-refractivity contribution in [1.29, 1.82) is 0 Å². The van der Waals surface area contributed by atoms with Crippen LogP contribution in [0, 0.1) is 0 Å². The standard InChI is InChI=1S/C7H14NO2/c9-5-1-2-8-3-6-10-7-4-8/h1-7H2. The van der Waals surface area contributed by atoms with E-state index in [1.54, 1.807) is 0 Å². The van der Waals surface area contributed by atoms with Gasteiger partial charge in [-0.1, -0.05) is 0 Å². The molecule has 1 aliphatic heterocycles. The zero-order chi connectivity index (χ0) is 7.23. The Kier molecular flexibility index (Phi) is 3.72. The number of hydrogen-bond acceptors (Lipinski definition) is 2. The van der Waals surface area contributed by atoms with Gasteiger partial charge in [-0.05, 0) is 6.42 Å². The van der Waals surface area contributed by atoms with Gasteiger partial charge < -0.3 is 4.74 Å². The van der Waals surface area contributed by atoms with Crippen molar-refractivity contribution in [2.24, 2.45) is 0 Å². The molecule has 0 unspecified atom stereocenters. The smallest absolute Gasteiger partial charge is 0.0834 e. The zero-order valence-corrected chi connectivity index (χ0v) is 6.21. The molecule has 0 bridgehead atoms. The maximum atomic E-state index is 10.1. The third-order valence-electron chi connectivity index (χ3n) is 1.72. The van der Waals surface area contributed by atoms with Crippen LogP contribution in [0.4, 0.5) is 0 Å². The van der Waals surface area contributed by atoms with Gasteiger partial charge in [-0.15, -0.1) is 0 Å². The van der Waals surface area contributed by atoms with Crippen LogP contribution in [-0.2, 0) is 9.84 Å². The third kappa shape index (κ3) is 2.64. The fraction of sp³-hybridized carbons (Fsp3) is 1.00. The molecule has 0 aromatic carbocycles. The molecule has 0 saturated carbocycles. The molecule has 0 aromatic rings. The maximum Gasteiger partial charge on any atom is 0.0834 e. The van der Waals surface area contributed by atoms with Crippen molar-refractivity contribution < 1.29 is 9.84 Å². The van der Waals surface area contributed by atoms with Crippen molar-refractivity contribution in [3.8, 4) is 0 Å². The number of morpholine rings is 1. The fourth-order valence-corrected chi connectivity index (χ4v) is 1.11. The van der Waals surface area contributed by atoms with E-state index in [-0.39, 0.29) is 6.61 Å². The van der Waals surface area contributed by atoms with Crippen LogP contribution in [0.15, 0.2) is 0 Å². The van der Waals surface area contributed by atoms with Crippen LogP contribution in [0.2, 0.25) is 0 Å². The highest BCUT2D eigenvalue weighted by atomic mass is 16.5. The van der Waals surface area contributed by atoms with E-state index in [2.05, 4.69) is 4.90 Å². The Balaban J connectivity index is 2.02. The molecule has 0 atom stereocenters. The molecule has 0 aliphatic carbocycles. The van der Waals surface area contributed by atoms with E-state index in [0.29, 0.717) is 0 Å². The topological polar surface area (TPSA) is 32.4 Å². The first-order valence-electron chi connectivity index (χ1n) is 3.81. The Morgan fingerprint density at radius 1 is 1.30 bits per heavy atom. The number of nitrogens with zero attached hydrogens (tertiary/aromatic N) is 1. The summed E-state index contributed by atoms with van der Waals surface area (Å²) in [6.07, 6.45) is 0.778. The summed E-state index contributed by atoms with van der Waals surface area (Å²) in [6.45, 7) is 4.67. The highest BCUT2D eigenvalue weighted by Gasteiger charge is 2.08. The SMILES string of the molecule is [O]CCCN1CCOCC1. The van der Waals surface area contributed by atoms with Gasteiger partial charge in [-0.2, -0.15) is 0 Å². The molecule has 1 rings (SSSR count). The second kappa shape index (κ2) is 4.66. The lowest BCUT2D eigenvalue weighted by Gasteiger charge is -2.25. The van der Waals surface area contributed by atoms with Crippen molar-refractivity contribution in [3.63, 3.8) is 0 Å². The minimum absolute atomic E-state index is 0.0529. The normalized spacial score (nSPS) is 21.3. The first-order valence-corrected chi connectivity index (χ1v) is 3.81. The van der Waals surface area contributed by atoms with Gasteiger partial charge in [0.25, 0.3) is 0 Å². The summed E-state index contributed by atoms with van der Waals surface area (Å²) in [4.78, 5) is 2.28. The van der Waals surface area contributed by atoms with Gasteiger partial charge >= 0.3 is 0 Å². The van der Waals surface area contributed by atoms with Crippen molar-refractivity contribution in [2.75, 3.05) is 39.5 Å². The number of rotatable bonds is 3. The Bertz CT molecular complexity index is 81.7. The van der Waals surface area contributed by atoms with E-state index in [9.17, 15) is 5.11 Å². The summed E-state index contributed by atoms with van der Waals surface area (Å²) >= 11 is 0. The summed E-state index contributed by atoms with van der Waals surface area (Å²) < 4.78 is 5.16. The van der Waals surface area contributed by atoms with Gasteiger partial charge in [0, 0.05) is 19.6 Å². The largest absolute Gasteiger partial charge is 0.379 e. The summed E-state index contributed by atoms with van der Waals surface area (Å²) in [7, 11) is 0. The molecule has 0 spiro atoms. The molecule has 3 nitrogen and oxygen atoms in total. The van der Waals surface area contributed by atoms with E-state index < -0.39 is 0 Å². The predicted octanol–water partition coefficient (Wildman–Crippen LogP) is 0.139. The number of ether oxygens (including phenoxy) is 1. The molecule has 0 amide bonds. The van der Waals surface area contributed by atoms with Gasteiger partial charge in [0.1, 0.15) is 0 Å². The highest BCUT2D eigenvalue weighted by Crippen LogP contribution is 1.96. The van der Waals surface area contributed by atoms with Gasteiger partial charge in [0.05, 0.1) is 19.8 Å². The second-order valence-electron chi connectivity index (χ2n) is 2.51. The Labute approximate surface area is 61.6 Å². The van der Waals surface area contributed by atoms with Crippen LogP contribution in [0.25, 0.3) is 0 Å². The third-order valence-corrected chi connectivity index (χ3v) is 1.72. The monoisotopic (exact) mass is 144 g/mol. The molecule has 1 saturated heterocycles. The number of hydrogen-bond donors (Lipinski definition) is 0. The van der Waals surface area contributed by atoms with Crippen molar-refractivity contribution >= 4 is 0 Å². The quantitative estimate of drug-likeness (QED) is 0.564. The summed E-state index contributed by atoms with van der Waals surface area (Å²) in [5.41, 5.74) is 0. The summed E-state index contributed by atoms with van der Waals surface area (Å²) in [6, 6.07) is 0. The lowest BCUT2D eigenvalue weighted by atomic mass is 10.3. The molecule has 10 heavy (non-hydrogen) atoms. The molecule has 1 heterocycles. The van der Waals surface area contributed by atoms with E-state index in [1.165, 1.54) is 0 Å². The van der Waals surface area contributed by atoms with Crippen LogP contribution in [0.1, 0.15) is 6.42 Å². The fourth-order valence-electron chi connectivity index (χ4n) is 1.11. The van der Waals surface area contributed by atoms with Crippen LogP contribution in [-0.4, -0.2) is 44.4 Å². The Morgan fingerprint density at radius 2 is 2.00 bits per heavy atom. The van der Waals surface area contributed by atoms with E-state index in [0.717, 1.165) is 39.3 Å². The van der Waals surface area contributed by atoms with Crippen LogP contribution < -0.4 is 0 Å². The van der Waals surface area contributed by atoms with Crippen LogP contribution >= 0.6 is 0 Å². The molecular weight excluding hydrogens is 130 g/mol. The minimum Gasteiger partial charge on any atom is -0.379 e. The van der Waals surface area contributed by atoms with Crippen LogP contribution in [0.3, 0.4) is 0 Å². The molecular formula is C7H14NO2. The van der Waals surface area contributed by atoms with Crippen molar-refractivity contribution in [1.82, 2.24) is 4.90 Å². The van der Waals surface area contributed by atoms with Crippen LogP contribution in [0.5, 0.6) is 0 Å². The Hall–Kier alpha value is -0.120. The lowest BCUT2D eigenvalue weighted by Crippen LogP contribution is -2.37. The maximum absolute atomic E-state index is 10.1. The van der Waals surface area contributed by atoms with Gasteiger partial charge in [0.2, 0.25) is 0 Å². The lowest BCUT2D eigenvalue weighted by molar-refractivity contribution is 0.0334. The molecule has 1 radical (unpaired) electrons. The van der Waals surface area contributed by atoms with Crippen molar-refractivity contribution in [2.45, 2.75) is 6.42 Å². The summed E-state index contributed by atoms with van der Waals surface area (Å²) in [5, 5.41) is 10.1. The molecule has 3 heteroatoms. The highest BCUT2D eigenvalue weighted by molar-refractivity contribution is 4.60.